The fourth-order valence-electron chi connectivity index (χ4n) is 2.76. The molecule has 1 atom stereocenters. The number of carbonyl (C=O) groups excluding carboxylic acids is 1. The summed E-state index contributed by atoms with van der Waals surface area (Å²) < 4.78 is 2.16. The van der Waals surface area contributed by atoms with Crippen molar-refractivity contribution in [3.8, 4) is 0 Å². The number of fused-ring (bicyclic) bond motifs is 1. The minimum absolute atomic E-state index is 0.140. The van der Waals surface area contributed by atoms with E-state index < -0.39 is 0 Å². The fourth-order valence-corrected chi connectivity index (χ4v) is 3.46. The Labute approximate surface area is 128 Å². The number of carbonyl (C=O) groups is 1. The first-order valence-electron chi connectivity index (χ1n) is 7.47. The van der Waals surface area contributed by atoms with Gasteiger partial charge in [0.05, 0.1) is 0 Å². The molecule has 0 aliphatic carbocycles. The van der Waals surface area contributed by atoms with Gasteiger partial charge in [-0.25, -0.2) is 0 Å². The molecule has 1 amide bonds. The molecule has 112 valence electrons. The average Bonchev–Trinajstić information content (AvgIpc) is 3.14. The van der Waals surface area contributed by atoms with Gasteiger partial charge in [-0.1, -0.05) is 6.92 Å². The van der Waals surface area contributed by atoms with E-state index in [1.165, 1.54) is 5.56 Å². The third kappa shape index (κ3) is 3.32. The van der Waals surface area contributed by atoms with Crippen LogP contribution in [0.5, 0.6) is 0 Å². The van der Waals surface area contributed by atoms with E-state index >= 15 is 0 Å². The predicted molar refractivity (Wildman–Crippen MR) is 82.3 cm³/mol. The van der Waals surface area contributed by atoms with Gasteiger partial charge in [0.15, 0.2) is 0 Å². The standard InChI is InChI=1S/C15H20N4OS/c1-2-13-17-18-14-5-4-12(9-19(13)14)16-15(20)6-3-11-7-8-21-10-11/h7-8,10,12H,2-6,9H2,1H3,(H,16,20)/t12-/m1/s1. The summed E-state index contributed by atoms with van der Waals surface area (Å²) in [7, 11) is 0. The van der Waals surface area contributed by atoms with Crippen molar-refractivity contribution >= 4 is 17.2 Å². The Morgan fingerprint density at radius 1 is 1.52 bits per heavy atom. The quantitative estimate of drug-likeness (QED) is 0.918. The second kappa shape index (κ2) is 6.39. The molecule has 3 rings (SSSR count). The van der Waals surface area contributed by atoms with Crippen LogP contribution >= 0.6 is 11.3 Å². The van der Waals surface area contributed by atoms with Crippen molar-refractivity contribution < 1.29 is 4.79 Å². The molecule has 1 aliphatic rings. The number of hydrogen-bond donors (Lipinski definition) is 1. The average molecular weight is 304 g/mol. The largest absolute Gasteiger partial charge is 0.352 e. The molecule has 2 aromatic heterocycles. The van der Waals surface area contributed by atoms with Gasteiger partial charge in [-0.3, -0.25) is 4.79 Å². The molecule has 0 saturated heterocycles. The molecule has 0 aromatic carbocycles. The first-order valence-corrected chi connectivity index (χ1v) is 8.42. The fraction of sp³-hybridized carbons (Fsp3) is 0.533. The van der Waals surface area contributed by atoms with E-state index in [1.54, 1.807) is 11.3 Å². The minimum Gasteiger partial charge on any atom is -0.352 e. The summed E-state index contributed by atoms with van der Waals surface area (Å²) in [5, 5.41) is 15.7. The molecule has 0 saturated carbocycles. The van der Waals surface area contributed by atoms with E-state index in [0.29, 0.717) is 6.42 Å². The number of aromatic nitrogens is 3. The molecule has 0 spiro atoms. The monoisotopic (exact) mass is 304 g/mol. The van der Waals surface area contributed by atoms with Crippen LogP contribution < -0.4 is 5.32 Å². The summed E-state index contributed by atoms with van der Waals surface area (Å²) in [4.78, 5) is 12.1. The van der Waals surface area contributed by atoms with Gasteiger partial charge in [0, 0.05) is 31.8 Å². The van der Waals surface area contributed by atoms with Crippen LogP contribution in [0.3, 0.4) is 0 Å². The van der Waals surface area contributed by atoms with E-state index in [4.69, 9.17) is 0 Å². The lowest BCUT2D eigenvalue weighted by molar-refractivity contribution is -0.122. The summed E-state index contributed by atoms with van der Waals surface area (Å²) in [6, 6.07) is 2.28. The maximum atomic E-state index is 12.1. The van der Waals surface area contributed by atoms with Gasteiger partial charge in [-0.15, -0.1) is 10.2 Å². The van der Waals surface area contributed by atoms with Gasteiger partial charge in [0.1, 0.15) is 11.6 Å². The molecular formula is C15H20N4OS. The second-order valence-corrected chi connectivity index (χ2v) is 6.21. The maximum absolute atomic E-state index is 12.1. The highest BCUT2D eigenvalue weighted by Gasteiger charge is 2.23. The molecule has 21 heavy (non-hydrogen) atoms. The summed E-state index contributed by atoms with van der Waals surface area (Å²) >= 11 is 1.68. The molecular weight excluding hydrogens is 284 g/mol. The lowest BCUT2D eigenvalue weighted by Gasteiger charge is -2.25. The van der Waals surface area contributed by atoms with Crippen molar-refractivity contribution in [2.24, 2.45) is 0 Å². The molecule has 0 fully saturated rings. The maximum Gasteiger partial charge on any atom is 0.220 e. The number of hydrogen-bond acceptors (Lipinski definition) is 4. The zero-order valence-corrected chi connectivity index (χ0v) is 13.0. The lowest BCUT2D eigenvalue weighted by atomic mass is 10.1. The first kappa shape index (κ1) is 14.3. The number of thiophene rings is 1. The third-order valence-corrected chi connectivity index (χ3v) is 4.66. The molecule has 1 N–H and O–H groups in total. The van der Waals surface area contributed by atoms with Crippen molar-refractivity contribution in [3.63, 3.8) is 0 Å². The Balaban J connectivity index is 1.53. The number of amides is 1. The number of nitrogens with one attached hydrogen (secondary N) is 1. The minimum atomic E-state index is 0.140. The normalized spacial score (nSPS) is 17.5. The first-order chi connectivity index (χ1) is 10.3. The number of nitrogens with zero attached hydrogens (tertiary/aromatic N) is 3. The van der Waals surface area contributed by atoms with Crippen LogP contribution in [0, 0.1) is 0 Å². The van der Waals surface area contributed by atoms with Gasteiger partial charge >= 0.3 is 0 Å². The Morgan fingerprint density at radius 2 is 2.43 bits per heavy atom. The highest BCUT2D eigenvalue weighted by molar-refractivity contribution is 7.07. The van der Waals surface area contributed by atoms with Gasteiger partial charge in [-0.05, 0) is 35.2 Å². The Morgan fingerprint density at radius 3 is 3.19 bits per heavy atom. The summed E-state index contributed by atoms with van der Waals surface area (Å²) in [6.45, 7) is 2.88. The van der Waals surface area contributed by atoms with Crippen molar-refractivity contribution in [1.29, 1.82) is 0 Å². The van der Waals surface area contributed by atoms with Crippen molar-refractivity contribution in [2.45, 2.75) is 51.6 Å². The van der Waals surface area contributed by atoms with Crippen LogP contribution in [-0.4, -0.2) is 26.7 Å². The summed E-state index contributed by atoms with van der Waals surface area (Å²) in [5.41, 5.74) is 1.24. The third-order valence-electron chi connectivity index (χ3n) is 3.93. The number of rotatable bonds is 5. The van der Waals surface area contributed by atoms with E-state index in [-0.39, 0.29) is 11.9 Å². The van der Waals surface area contributed by atoms with E-state index in [0.717, 1.165) is 43.9 Å². The van der Waals surface area contributed by atoms with Crippen LogP contribution in [-0.2, 0) is 30.6 Å². The molecule has 0 radical (unpaired) electrons. The molecule has 0 bridgehead atoms. The van der Waals surface area contributed by atoms with Crippen LogP contribution in [0.4, 0.5) is 0 Å². The molecule has 1 aliphatic heterocycles. The van der Waals surface area contributed by atoms with Gasteiger partial charge in [0.25, 0.3) is 0 Å². The molecule has 0 unspecified atom stereocenters. The Bertz CT molecular complexity index is 592. The predicted octanol–water partition coefficient (Wildman–Crippen LogP) is 1.97. The van der Waals surface area contributed by atoms with E-state index in [1.807, 2.05) is 5.38 Å². The van der Waals surface area contributed by atoms with Crippen LogP contribution in [0.25, 0.3) is 0 Å². The smallest absolute Gasteiger partial charge is 0.220 e. The SMILES string of the molecule is CCc1nnc2n1C[C@H](NC(=O)CCc1ccsc1)CC2. The highest BCUT2D eigenvalue weighted by Crippen LogP contribution is 2.16. The zero-order valence-electron chi connectivity index (χ0n) is 12.2. The van der Waals surface area contributed by atoms with Crippen LogP contribution in [0.15, 0.2) is 16.8 Å². The Kier molecular flexibility index (Phi) is 4.34. The van der Waals surface area contributed by atoms with E-state index in [9.17, 15) is 4.79 Å². The van der Waals surface area contributed by atoms with Crippen molar-refractivity contribution in [1.82, 2.24) is 20.1 Å². The highest BCUT2D eigenvalue weighted by atomic mass is 32.1. The van der Waals surface area contributed by atoms with Gasteiger partial charge < -0.3 is 9.88 Å². The second-order valence-electron chi connectivity index (χ2n) is 5.43. The topological polar surface area (TPSA) is 59.8 Å². The zero-order chi connectivity index (χ0) is 14.7. The molecule has 2 aromatic rings. The van der Waals surface area contributed by atoms with Crippen molar-refractivity contribution in [3.05, 3.63) is 34.0 Å². The van der Waals surface area contributed by atoms with Gasteiger partial charge in [-0.2, -0.15) is 11.3 Å². The molecule has 3 heterocycles. The Hall–Kier alpha value is -1.69. The van der Waals surface area contributed by atoms with Crippen molar-refractivity contribution in [2.75, 3.05) is 0 Å². The van der Waals surface area contributed by atoms with Gasteiger partial charge in [0.2, 0.25) is 5.91 Å². The summed E-state index contributed by atoms with van der Waals surface area (Å²) in [5.74, 6) is 2.21. The summed E-state index contributed by atoms with van der Waals surface area (Å²) in [6.07, 6.45) is 4.10. The van der Waals surface area contributed by atoms with Crippen LogP contribution in [0.2, 0.25) is 0 Å². The lowest BCUT2D eigenvalue weighted by Crippen LogP contribution is -2.41. The van der Waals surface area contributed by atoms with Crippen LogP contribution in [0.1, 0.15) is 37.0 Å². The molecule has 6 heteroatoms. The number of aryl methyl sites for hydroxylation is 3. The van der Waals surface area contributed by atoms with E-state index in [2.05, 4.69) is 38.5 Å². The molecule has 5 nitrogen and oxygen atoms in total.